The van der Waals surface area contributed by atoms with E-state index in [0.717, 1.165) is 11.1 Å². The average Bonchev–Trinajstić information content (AvgIpc) is 3.19. The maximum Gasteiger partial charge on any atom is 0.328 e. The summed E-state index contributed by atoms with van der Waals surface area (Å²) in [6, 6.07) is 22.9. The minimum atomic E-state index is -1.35. The Morgan fingerprint density at radius 2 is 1.02 bits per heavy atom. The van der Waals surface area contributed by atoms with Crippen LogP contribution in [0.3, 0.4) is 0 Å². The summed E-state index contributed by atoms with van der Waals surface area (Å²) in [5.74, 6) is -4.97. The molecular weight excluding hydrogens is 736 g/mol. The van der Waals surface area contributed by atoms with Crippen molar-refractivity contribution in [3.63, 3.8) is 0 Å². The van der Waals surface area contributed by atoms with E-state index in [1.165, 1.54) is 0 Å². The predicted molar refractivity (Wildman–Crippen MR) is 207 cm³/mol. The van der Waals surface area contributed by atoms with Gasteiger partial charge in [-0.15, -0.1) is 0 Å². The lowest BCUT2D eigenvalue weighted by atomic mass is 10.1. The van der Waals surface area contributed by atoms with Crippen LogP contribution in [0.15, 0.2) is 91.0 Å². The van der Waals surface area contributed by atoms with Gasteiger partial charge in [-0.2, -0.15) is 0 Å². The third-order valence-corrected chi connectivity index (χ3v) is 8.08. The molecule has 3 amide bonds. The summed E-state index contributed by atoms with van der Waals surface area (Å²) in [5, 5.41) is 7.50. The number of rotatable bonds is 22. The first-order chi connectivity index (χ1) is 27.2. The summed E-state index contributed by atoms with van der Waals surface area (Å²) in [4.78, 5) is 90.1. The number of hydrogen-bond acceptors (Lipinski definition) is 12. The summed E-state index contributed by atoms with van der Waals surface area (Å²) in [7, 11) is 0. The minimum absolute atomic E-state index is 0.00746. The first kappa shape index (κ1) is 45.3. The van der Waals surface area contributed by atoms with E-state index in [0.29, 0.717) is 5.56 Å². The minimum Gasteiger partial charge on any atom is -0.461 e. The van der Waals surface area contributed by atoms with Crippen molar-refractivity contribution in [3.8, 4) is 0 Å². The number of carbonyl (C=O) groups is 7. The fourth-order valence-electron chi connectivity index (χ4n) is 5.12. The molecule has 306 valence electrons. The molecule has 0 aliphatic heterocycles. The van der Waals surface area contributed by atoms with Crippen LogP contribution in [0.4, 0.5) is 0 Å². The van der Waals surface area contributed by atoms with Gasteiger partial charge in [-0.25, -0.2) is 4.79 Å². The van der Waals surface area contributed by atoms with Crippen LogP contribution in [0.2, 0.25) is 0 Å². The lowest BCUT2D eigenvalue weighted by Crippen LogP contribution is -2.52. The predicted octanol–water partition coefficient (Wildman–Crippen LogP) is 3.31. The number of carbonyl (C=O) groups excluding carboxylic acids is 7. The standard InChI is InChI=1S/C42H52N4O11/c1-42(2,3)57-38(50)25-44-39(51)32(43)19-22-35(47)45-33(20-23-36(48)54-26-29-13-7-4-8-14-29)40(52)46-34(41(53)56-28-31-17-11-6-12-18-31)21-24-37(49)55-27-30-15-9-5-10-16-30/h4-18,32-34H,19-28,43H2,1-3H3,(H,44,51)(H,45,47)(H,46,52). The molecular formula is C42H52N4O11. The number of amides is 3. The Labute approximate surface area is 332 Å². The maximum atomic E-state index is 13.8. The fraction of sp³-hybridized carbons (Fsp3) is 0.405. The highest BCUT2D eigenvalue weighted by Gasteiger charge is 2.30. The lowest BCUT2D eigenvalue weighted by Gasteiger charge is -2.23. The maximum absolute atomic E-state index is 13.8. The topological polar surface area (TPSA) is 219 Å². The Hall–Kier alpha value is -6.09. The Balaban J connectivity index is 1.67. The Kier molecular flexibility index (Phi) is 18.9. The molecule has 0 saturated heterocycles. The molecule has 0 aromatic heterocycles. The van der Waals surface area contributed by atoms with E-state index in [4.69, 9.17) is 24.7 Å². The number of ether oxygens (including phenoxy) is 4. The van der Waals surface area contributed by atoms with E-state index >= 15 is 0 Å². The van der Waals surface area contributed by atoms with Crippen LogP contribution >= 0.6 is 0 Å². The van der Waals surface area contributed by atoms with Gasteiger partial charge < -0.3 is 40.6 Å². The smallest absolute Gasteiger partial charge is 0.328 e. The van der Waals surface area contributed by atoms with Gasteiger partial charge in [0.1, 0.15) is 44.1 Å². The van der Waals surface area contributed by atoms with Gasteiger partial charge in [0, 0.05) is 19.3 Å². The molecule has 3 atom stereocenters. The molecule has 0 fully saturated rings. The van der Waals surface area contributed by atoms with Gasteiger partial charge in [-0.1, -0.05) is 91.0 Å². The monoisotopic (exact) mass is 788 g/mol. The molecule has 0 spiro atoms. The first-order valence-corrected chi connectivity index (χ1v) is 18.6. The highest BCUT2D eigenvalue weighted by molar-refractivity contribution is 5.91. The largest absolute Gasteiger partial charge is 0.461 e. The molecule has 57 heavy (non-hydrogen) atoms. The molecule has 15 heteroatoms. The number of esters is 4. The number of nitrogens with two attached hydrogens (primary N) is 1. The average molecular weight is 789 g/mol. The Morgan fingerprint density at radius 1 is 0.561 bits per heavy atom. The fourth-order valence-corrected chi connectivity index (χ4v) is 5.12. The molecule has 3 rings (SSSR count). The van der Waals surface area contributed by atoms with Crippen molar-refractivity contribution in [1.82, 2.24) is 16.0 Å². The Bertz CT molecular complexity index is 1770. The molecule has 5 N–H and O–H groups in total. The second-order valence-electron chi connectivity index (χ2n) is 14.1. The van der Waals surface area contributed by atoms with Gasteiger partial charge in [0.25, 0.3) is 0 Å². The van der Waals surface area contributed by atoms with Crippen molar-refractivity contribution in [1.29, 1.82) is 0 Å². The van der Waals surface area contributed by atoms with E-state index in [9.17, 15) is 33.6 Å². The molecule has 0 aliphatic rings. The van der Waals surface area contributed by atoms with Gasteiger partial charge in [0.15, 0.2) is 0 Å². The number of nitrogens with one attached hydrogen (secondary N) is 3. The van der Waals surface area contributed by atoms with E-state index in [2.05, 4.69) is 16.0 Å². The van der Waals surface area contributed by atoms with Crippen molar-refractivity contribution in [2.24, 2.45) is 5.73 Å². The van der Waals surface area contributed by atoms with E-state index in [1.54, 1.807) is 99.6 Å². The first-order valence-electron chi connectivity index (χ1n) is 18.6. The van der Waals surface area contributed by atoms with Crippen molar-refractivity contribution in [2.45, 2.75) is 103 Å². The Morgan fingerprint density at radius 3 is 1.49 bits per heavy atom. The molecule has 3 aromatic rings. The normalized spacial score (nSPS) is 12.5. The van der Waals surface area contributed by atoms with Crippen LogP contribution in [0.5, 0.6) is 0 Å². The number of benzene rings is 3. The highest BCUT2D eigenvalue weighted by Crippen LogP contribution is 2.11. The summed E-state index contributed by atoms with van der Waals surface area (Å²) in [5.41, 5.74) is 7.41. The van der Waals surface area contributed by atoms with Gasteiger partial charge in [-0.05, 0) is 56.7 Å². The number of hydrogen-bond donors (Lipinski definition) is 4. The third-order valence-electron chi connectivity index (χ3n) is 8.08. The van der Waals surface area contributed by atoms with E-state index in [1.807, 2.05) is 12.1 Å². The van der Waals surface area contributed by atoms with E-state index < -0.39 is 71.9 Å². The van der Waals surface area contributed by atoms with Crippen molar-refractivity contribution >= 4 is 41.6 Å². The van der Waals surface area contributed by atoms with Gasteiger partial charge >= 0.3 is 23.9 Å². The van der Waals surface area contributed by atoms with Gasteiger partial charge in [0.2, 0.25) is 17.7 Å². The van der Waals surface area contributed by atoms with Crippen LogP contribution in [-0.2, 0) is 72.3 Å². The van der Waals surface area contributed by atoms with Gasteiger partial charge in [-0.3, -0.25) is 28.8 Å². The van der Waals surface area contributed by atoms with Crippen LogP contribution in [0.1, 0.15) is 76.0 Å². The molecule has 3 unspecified atom stereocenters. The molecule has 0 radical (unpaired) electrons. The zero-order chi connectivity index (χ0) is 41.6. The molecule has 3 aromatic carbocycles. The van der Waals surface area contributed by atoms with Crippen molar-refractivity contribution in [2.75, 3.05) is 6.54 Å². The second kappa shape index (κ2) is 23.7. The third kappa shape index (κ3) is 18.9. The SMILES string of the molecule is CC(C)(C)OC(=O)CNC(=O)C(N)CCC(=O)NC(CCC(=O)OCc1ccccc1)C(=O)NC(CCC(=O)OCc1ccccc1)C(=O)OCc1ccccc1. The second-order valence-corrected chi connectivity index (χ2v) is 14.1. The van der Waals surface area contributed by atoms with Crippen LogP contribution in [0.25, 0.3) is 0 Å². The van der Waals surface area contributed by atoms with Gasteiger partial charge in [0.05, 0.1) is 6.04 Å². The van der Waals surface area contributed by atoms with Crippen LogP contribution in [0, 0.1) is 0 Å². The van der Waals surface area contributed by atoms with Crippen molar-refractivity contribution in [3.05, 3.63) is 108 Å². The lowest BCUT2D eigenvalue weighted by molar-refractivity contribution is -0.154. The summed E-state index contributed by atoms with van der Waals surface area (Å²) in [6.45, 7) is 4.52. The molecule has 0 aliphatic carbocycles. The van der Waals surface area contributed by atoms with E-state index in [-0.39, 0.29) is 58.3 Å². The summed E-state index contributed by atoms with van der Waals surface area (Å²) in [6.07, 6.45) is -1.42. The molecule has 0 bridgehead atoms. The van der Waals surface area contributed by atoms with Crippen LogP contribution < -0.4 is 21.7 Å². The van der Waals surface area contributed by atoms with Crippen molar-refractivity contribution < 1.29 is 52.5 Å². The quantitative estimate of drug-likeness (QED) is 0.0852. The molecule has 15 nitrogen and oxygen atoms in total. The highest BCUT2D eigenvalue weighted by atomic mass is 16.6. The molecule has 0 saturated carbocycles. The zero-order valence-electron chi connectivity index (χ0n) is 32.5. The zero-order valence-corrected chi connectivity index (χ0v) is 32.5. The summed E-state index contributed by atoms with van der Waals surface area (Å²) >= 11 is 0. The molecule has 0 heterocycles. The summed E-state index contributed by atoms with van der Waals surface area (Å²) < 4.78 is 21.3. The van der Waals surface area contributed by atoms with Crippen LogP contribution in [-0.4, -0.2) is 71.9 Å².